The van der Waals surface area contributed by atoms with E-state index in [1.807, 2.05) is 0 Å². The molecule has 0 unspecified atom stereocenters. The molecule has 0 aromatic rings. The molecular weight excluding hydrogens is 324 g/mol. The van der Waals surface area contributed by atoms with Crippen molar-refractivity contribution in [2.45, 2.75) is 63.2 Å². The van der Waals surface area contributed by atoms with Crippen molar-refractivity contribution in [1.29, 1.82) is 0 Å². The molecule has 3 aliphatic rings. The van der Waals surface area contributed by atoms with Gasteiger partial charge in [0.2, 0.25) is 11.9 Å². The third-order valence-electron chi connectivity index (χ3n) is 4.32. The summed E-state index contributed by atoms with van der Waals surface area (Å²) in [6, 6.07) is 0. The quantitative estimate of drug-likeness (QED) is 0.503. The Hall–Kier alpha value is -1.55. The van der Waals surface area contributed by atoms with E-state index in [0.29, 0.717) is 0 Å². The first-order valence-electron chi connectivity index (χ1n) is 7.64. The first-order chi connectivity index (χ1) is 11.1. The van der Waals surface area contributed by atoms with E-state index in [9.17, 15) is 14.4 Å². The topological polar surface area (TPSA) is 107 Å². The molecule has 0 N–H and O–H groups in total. The van der Waals surface area contributed by atoms with Gasteiger partial charge in [-0.2, -0.15) is 0 Å². The Morgan fingerprint density at radius 2 is 1.83 bits per heavy atom. The van der Waals surface area contributed by atoms with E-state index in [0.717, 1.165) is 7.11 Å². The summed E-state index contributed by atoms with van der Waals surface area (Å²) in [6.45, 7) is 6.32. The van der Waals surface area contributed by atoms with E-state index in [-0.39, 0.29) is 6.61 Å². The van der Waals surface area contributed by atoms with E-state index < -0.39 is 53.2 Å². The molecule has 3 fully saturated rings. The van der Waals surface area contributed by atoms with Gasteiger partial charge in [-0.3, -0.25) is 4.79 Å². The minimum Gasteiger partial charge on any atom is -0.467 e. The zero-order chi connectivity index (χ0) is 17.9. The molecule has 0 amide bonds. The van der Waals surface area contributed by atoms with Crippen LogP contribution in [0.2, 0.25) is 0 Å². The fraction of sp³-hybridized carbons (Fsp3) is 0.800. The number of fused-ring (bicyclic) bond motifs is 4. The highest BCUT2D eigenvalue weighted by Crippen LogP contribution is 2.52. The van der Waals surface area contributed by atoms with Crippen molar-refractivity contribution >= 4 is 17.7 Å². The number of rotatable bonds is 3. The molecule has 5 atom stereocenters. The van der Waals surface area contributed by atoms with Crippen molar-refractivity contribution in [2.75, 3.05) is 13.7 Å². The molecule has 3 rings (SSSR count). The smallest absolute Gasteiger partial charge is 0.349 e. The van der Waals surface area contributed by atoms with Crippen molar-refractivity contribution in [3.8, 4) is 0 Å². The Labute approximate surface area is 138 Å². The molecule has 0 saturated carbocycles. The molecule has 24 heavy (non-hydrogen) atoms. The van der Waals surface area contributed by atoms with Crippen LogP contribution in [0.25, 0.3) is 0 Å². The summed E-state index contributed by atoms with van der Waals surface area (Å²) in [6.07, 6.45) is -3.66. The molecular formula is C15H20O9. The van der Waals surface area contributed by atoms with Crippen LogP contribution in [0.3, 0.4) is 0 Å². The maximum Gasteiger partial charge on any atom is 0.349 e. The molecule has 0 aromatic heterocycles. The number of carbonyl (C=O) groups is 3. The lowest BCUT2D eigenvalue weighted by Gasteiger charge is -2.38. The molecule has 0 spiro atoms. The number of esters is 2. The predicted octanol–water partition coefficient (Wildman–Crippen LogP) is -0.304. The molecule has 3 heterocycles. The Morgan fingerprint density at radius 3 is 2.42 bits per heavy atom. The molecule has 0 radical (unpaired) electrons. The normalized spacial score (nSPS) is 42.5. The van der Waals surface area contributed by atoms with Gasteiger partial charge in [0.1, 0.15) is 6.10 Å². The molecule has 2 bridgehead atoms. The zero-order valence-electron chi connectivity index (χ0n) is 14.1. The van der Waals surface area contributed by atoms with Gasteiger partial charge in [0, 0.05) is 0 Å². The fourth-order valence-electron chi connectivity index (χ4n) is 3.37. The Balaban J connectivity index is 2.10. The minimum absolute atomic E-state index is 0.00121. The maximum absolute atomic E-state index is 13.0. The van der Waals surface area contributed by atoms with Crippen LogP contribution in [0, 0.1) is 0 Å². The van der Waals surface area contributed by atoms with Crippen LogP contribution in [-0.2, 0) is 42.8 Å². The SMILES string of the molecule is CCOC(=O)[C@@]12O[C@@](C)(O[C@@H]1C(=O)OC)[C@@H]1OC(C)(C)O[C@H]1C2=O. The van der Waals surface area contributed by atoms with E-state index >= 15 is 0 Å². The van der Waals surface area contributed by atoms with Crippen LogP contribution in [0.5, 0.6) is 0 Å². The van der Waals surface area contributed by atoms with E-state index in [1.54, 1.807) is 20.8 Å². The van der Waals surface area contributed by atoms with Crippen LogP contribution in [0.1, 0.15) is 27.7 Å². The lowest BCUT2D eigenvalue weighted by molar-refractivity contribution is -0.260. The summed E-state index contributed by atoms with van der Waals surface area (Å²) in [5.74, 6) is -5.32. The van der Waals surface area contributed by atoms with E-state index in [2.05, 4.69) is 4.74 Å². The van der Waals surface area contributed by atoms with Crippen molar-refractivity contribution in [3.63, 3.8) is 0 Å². The van der Waals surface area contributed by atoms with Gasteiger partial charge in [0.05, 0.1) is 13.7 Å². The van der Waals surface area contributed by atoms with Gasteiger partial charge in [0.25, 0.3) is 5.60 Å². The van der Waals surface area contributed by atoms with Gasteiger partial charge in [-0.25, -0.2) is 9.59 Å². The summed E-state index contributed by atoms with van der Waals surface area (Å²) in [7, 11) is 1.12. The molecule has 9 heteroatoms. The van der Waals surface area contributed by atoms with Crippen molar-refractivity contribution < 1.29 is 42.8 Å². The standard InChI is InChI=1S/C15H20O9/c1-6-20-12(18)15-8(16)7-9(22-13(2,3)21-7)14(4,24-15)23-10(15)11(17)19-5/h7,9-10H,6H2,1-5H3/t7-,9+,10+,14+,15-/m0/s1. The third-order valence-corrected chi connectivity index (χ3v) is 4.32. The van der Waals surface area contributed by atoms with Crippen LogP contribution in [-0.4, -0.2) is 66.9 Å². The van der Waals surface area contributed by atoms with Crippen molar-refractivity contribution in [3.05, 3.63) is 0 Å². The lowest BCUT2D eigenvalue weighted by atomic mass is 9.84. The van der Waals surface area contributed by atoms with Gasteiger partial charge in [-0.15, -0.1) is 0 Å². The molecule has 3 saturated heterocycles. The van der Waals surface area contributed by atoms with Gasteiger partial charge in [-0.05, 0) is 27.7 Å². The average molecular weight is 344 g/mol. The molecule has 0 aliphatic carbocycles. The highest BCUT2D eigenvalue weighted by molar-refractivity contribution is 6.14. The Bertz CT molecular complexity index is 600. The summed E-state index contributed by atoms with van der Waals surface area (Å²) < 4.78 is 32.3. The minimum atomic E-state index is -2.28. The monoisotopic (exact) mass is 344 g/mol. The van der Waals surface area contributed by atoms with E-state index in [1.165, 1.54) is 6.92 Å². The van der Waals surface area contributed by atoms with Gasteiger partial charge < -0.3 is 28.4 Å². The summed E-state index contributed by atoms with van der Waals surface area (Å²) in [5, 5.41) is 0. The average Bonchev–Trinajstić information content (AvgIpc) is 3.00. The van der Waals surface area contributed by atoms with Gasteiger partial charge in [0.15, 0.2) is 17.7 Å². The fourth-order valence-corrected chi connectivity index (χ4v) is 3.37. The molecule has 3 aliphatic heterocycles. The zero-order valence-corrected chi connectivity index (χ0v) is 14.1. The number of Topliss-reactive ketones (excluding diaryl/α,β-unsaturated/α-hetero) is 1. The van der Waals surface area contributed by atoms with Crippen LogP contribution in [0.4, 0.5) is 0 Å². The first-order valence-corrected chi connectivity index (χ1v) is 7.64. The highest BCUT2D eigenvalue weighted by Gasteiger charge is 2.78. The van der Waals surface area contributed by atoms with Crippen LogP contribution >= 0.6 is 0 Å². The van der Waals surface area contributed by atoms with Gasteiger partial charge in [-0.1, -0.05) is 0 Å². The predicted molar refractivity (Wildman–Crippen MR) is 74.6 cm³/mol. The number of hydrogen-bond acceptors (Lipinski definition) is 9. The molecule has 134 valence electrons. The highest BCUT2D eigenvalue weighted by atomic mass is 16.8. The largest absolute Gasteiger partial charge is 0.467 e. The third kappa shape index (κ3) is 2.12. The number of carbonyl (C=O) groups excluding carboxylic acids is 3. The maximum atomic E-state index is 13.0. The molecule has 9 nitrogen and oxygen atoms in total. The first kappa shape index (κ1) is 17.3. The van der Waals surface area contributed by atoms with Crippen LogP contribution in [0.15, 0.2) is 0 Å². The number of ketones is 1. The Kier molecular flexibility index (Phi) is 3.76. The molecule has 0 aromatic carbocycles. The van der Waals surface area contributed by atoms with Gasteiger partial charge >= 0.3 is 11.9 Å². The van der Waals surface area contributed by atoms with Crippen molar-refractivity contribution in [1.82, 2.24) is 0 Å². The summed E-state index contributed by atoms with van der Waals surface area (Å²) in [4.78, 5) is 37.7. The number of methoxy groups -OCH3 is 1. The Morgan fingerprint density at radius 1 is 1.17 bits per heavy atom. The number of ether oxygens (including phenoxy) is 6. The second kappa shape index (κ2) is 5.22. The van der Waals surface area contributed by atoms with Crippen LogP contribution < -0.4 is 0 Å². The summed E-state index contributed by atoms with van der Waals surface area (Å²) in [5.41, 5.74) is -2.28. The lowest BCUT2D eigenvalue weighted by Crippen LogP contribution is -2.67. The second-order valence-electron chi connectivity index (χ2n) is 6.44. The second-order valence-corrected chi connectivity index (χ2v) is 6.44. The van der Waals surface area contributed by atoms with Crippen molar-refractivity contribution in [2.24, 2.45) is 0 Å². The van der Waals surface area contributed by atoms with E-state index in [4.69, 9.17) is 23.7 Å². The number of hydrogen-bond donors (Lipinski definition) is 0. The summed E-state index contributed by atoms with van der Waals surface area (Å²) >= 11 is 0.